The Morgan fingerprint density at radius 1 is 1.53 bits per heavy atom. The van der Waals surface area contributed by atoms with Gasteiger partial charge in [-0.2, -0.15) is 5.26 Å². The van der Waals surface area contributed by atoms with E-state index >= 15 is 0 Å². The van der Waals surface area contributed by atoms with Gasteiger partial charge in [0.15, 0.2) is 5.17 Å². The Balaban J connectivity index is 2.29. The Morgan fingerprint density at radius 3 is 3.00 bits per heavy atom. The molecular formula is C12H14N4S. The predicted molar refractivity (Wildman–Crippen MR) is 71.1 cm³/mol. The molecule has 4 nitrogen and oxygen atoms in total. The molecule has 1 fully saturated rings. The molecule has 5 heteroatoms. The van der Waals surface area contributed by atoms with E-state index in [9.17, 15) is 0 Å². The highest BCUT2D eigenvalue weighted by Crippen LogP contribution is 2.20. The van der Waals surface area contributed by atoms with Crippen molar-refractivity contribution in [2.75, 3.05) is 19.3 Å². The van der Waals surface area contributed by atoms with Gasteiger partial charge in [-0.05, 0) is 24.8 Å². The summed E-state index contributed by atoms with van der Waals surface area (Å²) >= 11 is 1.59. The van der Waals surface area contributed by atoms with Gasteiger partial charge in [-0.3, -0.25) is 5.01 Å². The van der Waals surface area contributed by atoms with Crippen molar-refractivity contribution in [3.63, 3.8) is 0 Å². The van der Waals surface area contributed by atoms with Gasteiger partial charge in [-0.15, -0.1) is 0 Å². The minimum atomic E-state index is 0.609. The van der Waals surface area contributed by atoms with E-state index in [0.29, 0.717) is 5.56 Å². The Kier molecular flexibility index (Phi) is 4.02. The first kappa shape index (κ1) is 12.0. The van der Waals surface area contributed by atoms with E-state index in [-0.39, 0.29) is 0 Å². The third-order valence-electron chi connectivity index (χ3n) is 2.52. The van der Waals surface area contributed by atoms with Gasteiger partial charge < -0.3 is 0 Å². The molecule has 0 aromatic heterocycles. The number of hydrazine groups is 1. The standard InChI is InChI=1S/C12H14N4S/c1-17-12(16-8-4-7-14-16)15-11-6-3-2-5-10(11)9-13/h2-3,5-6,14H,4,7-8H2,1H3. The molecule has 1 aliphatic heterocycles. The van der Waals surface area contributed by atoms with Crippen molar-refractivity contribution in [2.45, 2.75) is 6.42 Å². The lowest BCUT2D eigenvalue weighted by atomic mass is 10.2. The van der Waals surface area contributed by atoms with Crippen LogP contribution in [0, 0.1) is 11.3 Å². The van der Waals surface area contributed by atoms with Crippen molar-refractivity contribution in [2.24, 2.45) is 4.99 Å². The van der Waals surface area contributed by atoms with E-state index in [2.05, 4.69) is 16.5 Å². The summed E-state index contributed by atoms with van der Waals surface area (Å²) in [5.41, 5.74) is 4.60. The Labute approximate surface area is 105 Å². The fourth-order valence-corrected chi connectivity index (χ4v) is 2.24. The molecule has 0 atom stereocenters. The fraction of sp³-hybridized carbons (Fsp3) is 0.333. The molecule has 17 heavy (non-hydrogen) atoms. The second-order valence-corrected chi connectivity index (χ2v) is 4.41. The molecule has 1 aromatic carbocycles. The number of rotatable bonds is 1. The van der Waals surface area contributed by atoms with Gasteiger partial charge in [-0.1, -0.05) is 23.9 Å². The number of para-hydroxylation sites is 1. The highest BCUT2D eigenvalue weighted by atomic mass is 32.2. The second kappa shape index (κ2) is 5.71. The van der Waals surface area contributed by atoms with Gasteiger partial charge in [0.2, 0.25) is 0 Å². The zero-order chi connectivity index (χ0) is 12.1. The van der Waals surface area contributed by atoms with Crippen LogP contribution in [0.4, 0.5) is 5.69 Å². The van der Waals surface area contributed by atoms with Gasteiger partial charge in [0.1, 0.15) is 6.07 Å². The molecule has 0 amide bonds. The number of thioether (sulfide) groups is 1. The summed E-state index contributed by atoms with van der Waals surface area (Å²) in [6, 6.07) is 9.56. The van der Waals surface area contributed by atoms with Crippen LogP contribution in [0.2, 0.25) is 0 Å². The van der Waals surface area contributed by atoms with Crippen molar-refractivity contribution < 1.29 is 0 Å². The first-order valence-electron chi connectivity index (χ1n) is 5.48. The predicted octanol–water partition coefficient (Wildman–Crippen LogP) is 2.12. The van der Waals surface area contributed by atoms with Crippen molar-refractivity contribution >= 4 is 22.6 Å². The van der Waals surface area contributed by atoms with E-state index in [0.717, 1.165) is 30.4 Å². The molecule has 1 saturated heterocycles. The quantitative estimate of drug-likeness (QED) is 0.609. The number of amidine groups is 1. The topological polar surface area (TPSA) is 51.4 Å². The van der Waals surface area contributed by atoms with Gasteiger partial charge in [0.25, 0.3) is 0 Å². The molecule has 2 rings (SSSR count). The molecule has 0 unspecified atom stereocenters. The lowest BCUT2D eigenvalue weighted by molar-refractivity contribution is 0.412. The van der Waals surface area contributed by atoms with Gasteiger partial charge in [0.05, 0.1) is 11.3 Å². The maximum Gasteiger partial charge on any atom is 0.178 e. The van der Waals surface area contributed by atoms with Gasteiger partial charge in [0, 0.05) is 13.1 Å². The van der Waals surface area contributed by atoms with E-state index in [1.165, 1.54) is 0 Å². The number of aliphatic imine (C=N–C) groups is 1. The molecule has 0 spiro atoms. The van der Waals surface area contributed by atoms with Crippen molar-refractivity contribution in [1.82, 2.24) is 10.4 Å². The van der Waals surface area contributed by atoms with Crippen molar-refractivity contribution in [3.05, 3.63) is 29.8 Å². The van der Waals surface area contributed by atoms with E-state index in [4.69, 9.17) is 5.26 Å². The van der Waals surface area contributed by atoms with Crippen molar-refractivity contribution in [1.29, 1.82) is 5.26 Å². The Hall–Kier alpha value is -1.51. The smallest absolute Gasteiger partial charge is 0.178 e. The molecular weight excluding hydrogens is 232 g/mol. The maximum absolute atomic E-state index is 9.01. The second-order valence-electron chi connectivity index (χ2n) is 3.64. The molecule has 0 saturated carbocycles. The summed E-state index contributed by atoms with van der Waals surface area (Å²) in [6.45, 7) is 1.95. The van der Waals surface area contributed by atoms with Gasteiger partial charge in [-0.25, -0.2) is 10.4 Å². The third-order valence-corrected chi connectivity index (χ3v) is 3.19. The minimum absolute atomic E-state index is 0.609. The van der Waals surface area contributed by atoms with Crippen LogP contribution in [-0.2, 0) is 0 Å². The number of hydrogen-bond acceptors (Lipinski definition) is 4. The van der Waals surface area contributed by atoms with Crippen LogP contribution >= 0.6 is 11.8 Å². The summed E-state index contributed by atoms with van der Waals surface area (Å²) in [5.74, 6) is 0. The summed E-state index contributed by atoms with van der Waals surface area (Å²) in [5, 5.41) is 12.0. The first-order valence-corrected chi connectivity index (χ1v) is 6.70. The van der Waals surface area contributed by atoms with Crippen molar-refractivity contribution in [3.8, 4) is 6.07 Å². The zero-order valence-electron chi connectivity index (χ0n) is 9.68. The third kappa shape index (κ3) is 2.78. The van der Waals surface area contributed by atoms with E-state index in [1.807, 2.05) is 29.5 Å². The molecule has 1 N–H and O–H groups in total. The summed E-state index contributed by atoms with van der Waals surface area (Å²) in [7, 11) is 0. The molecule has 0 bridgehead atoms. The summed E-state index contributed by atoms with van der Waals surface area (Å²) in [4.78, 5) is 4.55. The van der Waals surface area contributed by atoms with E-state index < -0.39 is 0 Å². The monoisotopic (exact) mass is 246 g/mol. The minimum Gasteiger partial charge on any atom is -0.287 e. The maximum atomic E-state index is 9.01. The Morgan fingerprint density at radius 2 is 2.35 bits per heavy atom. The molecule has 1 heterocycles. The normalized spacial score (nSPS) is 16.0. The average molecular weight is 246 g/mol. The number of nitrogens with zero attached hydrogens (tertiary/aromatic N) is 3. The fourth-order valence-electron chi connectivity index (χ4n) is 1.68. The molecule has 0 aliphatic carbocycles. The number of benzene rings is 1. The van der Waals surface area contributed by atoms with Crippen LogP contribution in [0.3, 0.4) is 0 Å². The molecule has 0 radical (unpaired) electrons. The van der Waals surface area contributed by atoms with Crippen LogP contribution in [0.5, 0.6) is 0 Å². The highest BCUT2D eigenvalue weighted by Gasteiger charge is 2.15. The highest BCUT2D eigenvalue weighted by molar-refractivity contribution is 8.13. The SMILES string of the molecule is CSC(=Nc1ccccc1C#N)N1CCCN1. The lowest BCUT2D eigenvalue weighted by Gasteiger charge is -2.18. The van der Waals surface area contributed by atoms with E-state index in [1.54, 1.807) is 17.8 Å². The summed E-state index contributed by atoms with van der Waals surface area (Å²) in [6.07, 6.45) is 3.12. The molecule has 1 aliphatic rings. The van der Waals surface area contributed by atoms with Gasteiger partial charge >= 0.3 is 0 Å². The van der Waals surface area contributed by atoms with Crippen LogP contribution in [0.1, 0.15) is 12.0 Å². The number of nitrogens with one attached hydrogen (secondary N) is 1. The Bertz CT molecular complexity index is 458. The number of hydrogen-bond donors (Lipinski definition) is 1. The summed E-state index contributed by atoms with van der Waals surface area (Å²) < 4.78 is 0. The largest absolute Gasteiger partial charge is 0.287 e. The molecule has 88 valence electrons. The van der Waals surface area contributed by atoms with Crippen LogP contribution < -0.4 is 5.43 Å². The molecule has 1 aromatic rings. The zero-order valence-corrected chi connectivity index (χ0v) is 10.5. The first-order chi connectivity index (χ1) is 8.35. The van der Waals surface area contributed by atoms with Crippen LogP contribution in [0.25, 0.3) is 0 Å². The van der Waals surface area contributed by atoms with Crippen LogP contribution in [0.15, 0.2) is 29.3 Å². The lowest BCUT2D eigenvalue weighted by Crippen LogP contribution is -2.34. The van der Waals surface area contributed by atoms with Crippen LogP contribution in [-0.4, -0.2) is 29.5 Å². The average Bonchev–Trinajstić information content (AvgIpc) is 2.90. The number of nitriles is 1.